The topological polar surface area (TPSA) is 53.9 Å². The Morgan fingerprint density at radius 1 is 1.39 bits per heavy atom. The molecule has 0 radical (unpaired) electrons. The molecule has 1 N–H and O–H groups in total. The van der Waals surface area contributed by atoms with Crippen LogP contribution in [0.2, 0.25) is 0 Å². The van der Waals surface area contributed by atoms with Gasteiger partial charge in [0.15, 0.2) is 0 Å². The number of hydrogen-bond acceptors (Lipinski definition) is 3. The number of nitrogens with one attached hydrogen (secondary N) is 1. The van der Waals surface area contributed by atoms with E-state index in [1.165, 1.54) is 7.11 Å². The lowest BCUT2D eigenvalue weighted by Gasteiger charge is -2.18. The van der Waals surface area contributed by atoms with Crippen molar-refractivity contribution >= 4 is 23.1 Å². The Kier molecular flexibility index (Phi) is 5.17. The number of carbonyl (C=O) groups is 1. The highest BCUT2D eigenvalue weighted by atomic mass is 16.6. The molecule has 0 heterocycles. The van der Waals surface area contributed by atoms with Crippen LogP contribution in [0.1, 0.15) is 20.3 Å². The van der Waals surface area contributed by atoms with Gasteiger partial charge in [0, 0.05) is 24.8 Å². The number of carbonyl (C=O) groups excluding carboxylic acids is 1. The maximum atomic E-state index is 11.2. The van der Waals surface area contributed by atoms with E-state index in [2.05, 4.69) is 10.5 Å². The van der Waals surface area contributed by atoms with Crippen molar-refractivity contribution < 1.29 is 9.63 Å². The zero-order chi connectivity index (χ0) is 13.5. The van der Waals surface area contributed by atoms with Crippen molar-refractivity contribution in [2.24, 2.45) is 5.16 Å². The summed E-state index contributed by atoms with van der Waals surface area (Å²) in [6, 6.07) is 7.55. The van der Waals surface area contributed by atoms with Gasteiger partial charge in [0.2, 0.25) is 5.91 Å². The predicted molar refractivity (Wildman–Crippen MR) is 73.9 cm³/mol. The Balaban J connectivity index is 2.76. The van der Waals surface area contributed by atoms with Gasteiger partial charge < -0.3 is 15.1 Å². The van der Waals surface area contributed by atoms with Crippen molar-refractivity contribution in [1.29, 1.82) is 0 Å². The van der Waals surface area contributed by atoms with Crippen molar-refractivity contribution in [3.63, 3.8) is 0 Å². The second-order valence-corrected chi connectivity index (χ2v) is 3.83. The molecule has 1 rings (SSSR count). The van der Waals surface area contributed by atoms with E-state index in [0.717, 1.165) is 17.2 Å². The zero-order valence-electron chi connectivity index (χ0n) is 11.2. The van der Waals surface area contributed by atoms with E-state index in [4.69, 9.17) is 4.84 Å². The van der Waals surface area contributed by atoms with E-state index in [1.807, 2.05) is 50.1 Å². The lowest BCUT2D eigenvalue weighted by molar-refractivity contribution is -0.115. The van der Waals surface area contributed by atoms with Crippen molar-refractivity contribution in [2.45, 2.75) is 20.3 Å². The third-order valence-corrected chi connectivity index (χ3v) is 2.57. The quantitative estimate of drug-likeness (QED) is 0.506. The highest BCUT2D eigenvalue weighted by molar-refractivity contribution is 5.95. The van der Waals surface area contributed by atoms with Crippen molar-refractivity contribution in [1.82, 2.24) is 0 Å². The summed E-state index contributed by atoms with van der Waals surface area (Å²) in [5, 5.41) is 6.66. The summed E-state index contributed by atoms with van der Waals surface area (Å²) >= 11 is 0. The second-order valence-electron chi connectivity index (χ2n) is 3.83. The van der Waals surface area contributed by atoms with Gasteiger partial charge in [-0.1, -0.05) is 12.1 Å². The average Bonchev–Trinajstić information content (AvgIpc) is 2.39. The van der Waals surface area contributed by atoms with E-state index >= 15 is 0 Å². The molecule has 18 heavy (non-hydrogen) atoms. The largest absolute Gasteiger partial charge is 0.398 e. The van der Waals surface area contributed by atoms with Crippen LogP contribution in [0.3, 0.4) is 0 Å². The van der Waals surface area contributed by atoms with Gasteiger partial charge in [-0.25, -0.2) is 0 Å². The van der Waals surface area contributed by atoms with Crippen LogP contribution in [0.5, 0.6) is 0 Å². The molecule has 5 nitrogen and oxygen atoms in total. The van der Waals surface area contributed by atoms with Gasteiger partial charge in [-0.05, 0) is 31.2 Å². The predicted octanol–water partition coefficient (Wildman–Crippen LogP) is 2.45. The van der Waals surface area contributed by atoms with E-state index < -0.39 is 0 Å². The standard InChI is InChI=1S/C13H19N3O2/c1-5-13(17)14-11-6-8-12(9-7-11)16(3)10(2)15-18-4/h6-9H,5H2,1-4H3,(H,14,17). The number of amides is 1. The Hall–Kier alpha value is -2.04. The van der Waals surface area contributed by atoms with E-state index in [-0.39, 0.29) is 5.91 Å². The molecule has 0 bridgehead atoms. The van der Waals surface area contributed by atoms with Gasteiger partial charge in [-0.3, -0.25) is 4.79 Å². The van der Waals surface area contributed by atoms with Crippen LogP contribution in [0.15, 0.2) is 29.4 Å². The van der Waals surface area contributed by atoms with Crippen LogP contribution in [0, 0.1) is 0 Å². The summed E-state index contributed by atoms with van der Waals surface area (Å²) < 4.78 is 0. The molecule has 98 valence electrons. The molecular formula is C13H19N3O2. The minimum absolute atomic E-state index is 0.00762. The molecule has 0 unspecified atom stereocenters. The molecule has 0 aromatic heterocycles. The summed E-state index contributed by atoms with van der Waals surface area (Å²) in [4.78, 5) is 17.9. The van der Waals surface area contributed by atoms with Crippen molar-refractivity contribution in [2.75, 3.05) is 24.4 Å². The Bertz CT molecular complexity index is 426. The fourth-order valence-corrected chi connectivity index (χ4v) is 1.40. The molecule has 0 saturated heterocycles. The molecule has 1 amide bonds. The van der Waals surface area contributed by atoms with E-state index in [1.54, 1.807) is 0 Å². The summed E-state index contributed by atoms with van der Waals surface area (Å²) in [5.74, 6) is 0.760. The maximum absolute atomic E-state index is 11.2. The van der Waals surface area contributed by atoms with Crippen LogP contribution in [-0.4, -0.2) is 25.9 Å². The summed E-state index contributed by atoms with van der Waals surface area (Å²) in [5.41, 5.74) is 1.77. The number of benzene rings is 1. The first-order valence-corrected chi connectivity index (χ1v) is 5.80. The molecule has 0 saturated carbocycles. The Labute approximate surface area is 107 Å². The number of hydrogen-bond donors (Lipinski definition) is 1. The highest BCUT2D eigenvalue weighted by Gasteiger charge is 2.05. The number of nitrogens with zero attached hydrogens (tertiary/aromatic N) is 2. The number of oxime groups is 1. The Morgan fingerprint density at radius 3 is 2.50 bits per heavy atom. The van der Waals surface area contributed by atoms with Gasteiger partial charge >= 0.3 is 0 Å². The van der Waals surface area contributed by atoms with Gasteiger partial charge in [0.1, 0.15) is 12.9 Å². The fourth-order valence-electron chi connectivity index (χ4n) is 1.40. The summed E-state index contributed by atoms with van der Waals surface area (Å²) in [7, 11) is 3.41. The molecule has 0 aliphatic rings. The number of amidine groups is 1. The van der Waals surface area contributed by atoms with Gasteiger partial charge in [-0.15, -0.1) is 0 Å². The molecule has 0 fully saturated rings. The lowest BCUT2D eigenvalue weighted by Crippen LogP contribution is -2.23. The number of rotatable bonds is 4. The van der Waals surface area contributed by atoms with Crippen molar-refractivity contribution in [3.05, 3.63) is 24.3 Å². The van der Waals surface area contributed by atoms with Gasteiger partial charge in [-0.2, -0.15) is 0 Å². The zero-order valence-corrected chi connectivity index (χ0v) is 11.2. The lowest BCUT2D eigenvalue weighted by atomic mass is 10.2. The normalized spacial score (nSPS) is 11.0. The summed E-state index contributed by atoms with van der Waals surface area (Å²) in [6.07, 6.45) is 0.473. The molecule has 0 atom stereocenters. The summed E-state index contributed by atoms with van der Waals surface area (Å²) in [6.45, 7) is 3.68. The molecule has 0 aliphatic carbocycles. The minimum Gasteiger partial charge on any atom is -0.398 e. The fraction of sp³-hybridized carbons (Fsp3) is 0.385. The Morgan fingerprint density at radius 2 is 2.00 bits per heavy atom. The third-order valence-electron chi connectivity index (χ3n) is 2.57. The first kappa shape index (κ1) is 14.0. The van der Waals surface area contributed by atoms with Crippen LogP contribution in [-0.2, 0) is 9.63 Å². The first-order valence-electron chi connectivity index (χ1n) is 5.80. The van der Waals surface area contributed by atoms with Gasteiger partial charge in [0.25, 0.3) is 0 Å². The molecule has 1 aromatic rings. The van der Waals surface area contributed by atoms with Gasteiger partial charge in [0.05, 0.1) is 0 Å². The first-order chi connectivity index (χ1) is 8.58. The monoisotopic (exact) mass is 249 g/mol. The molecule has 1 aromatic carbocycles. The van der Waals surface area contributed by atoms with Crippen LogP contribution >= 0.6 is 0 Å². The molecule has 5 heteroatoms. The maximum Gasteiger partial charge on any atom is 0.224 e. The number of anilines is 2. The third kappa shape index (κ3) is 3.76. The van der Waals surface area contributed by atoms with Crippen LogP contribution in [0.25, 0.3) is 0 Å². The van der Waals surface area contributed by atoms with Crippen molar-refractivity contribution in [3.8, 4) is 0 Å². The second kappa shape index (κ2) is 6.64. The molecule has 0 aliphatic heterocycles. The average molecular weight is 249 g/mol. The smallest absolute Gasteiger partial charge is 0.224 e. The van der Waals surface area contributed by atoms with Crippen LogP contribution in [0.4, 0.5) is 11.4 Å². The van der Waals surface area contributed by atoms with Crippen LogP contribution < -0.4 is 10.2 Å². The van der Waals surface area contributed by atoms with E-state index in [9.17, 15) is 4.79 Å². The molecule has 0 spiro atoms. The minimum atomic E-state index is 0.00762. The molecular weight excluding hydrogens is 230 g/mol. The van der Waals surface area contributed by atoms with E-state index in [0.29, 0.717) is 6.42 Å². The highest BCUT2D eigenvalue weighted by Crippen LogP contribution is 2.17. The SMILES string of the molecule is CCC(=O)Nc1ccc(N(C)C(C)=NOC)cc1.